The molecule has 1 saturated heterocycles. The lowest BCUT2D eigenvalue weighted by Gasteiger charge is -2.24. The van der Waals surface area contributed by atoms with E-state index >= 15 is 0 Å². The maximum atomic E-state index is 5.91. The first-order chi connectivity index (χ1) is 6.77. The lowest BCUT2D eigenvalue weighted by atomic mass is 10.0. The zero-order valence-electron chi connectivity index (χ0n) is 9.88. The molecule has 0 spiro atoms. The van der Waals surface area contributed by atoms with Gasteiger partial charge in [-0.15, -0.1) is 0 Å². The molecule has 2 nitrogen and oxygen atoms in total. The second-order valence-corrected chi connectivity index (χ2v) is 4.41. The minimum Gasteiger partial charge on any atom is -0.374 e. The Morgan fingerprint density at radius 3 is 2.57 bits per heavy atom. The molecule has 2 heteroatoms. The van der Waals surface area contributed by atoms with Gasteiger partial charge in [0.25, 0.3) is 0 Å². The molecule has 14 heavy (non-hydrogen) atoms. The van der Waals surface area contributed by atoms with Crippen LogP contribution >= 0.6 is 0 Å². The molecule has 84 valence electrons. The van der Waals surface area contributed by atoms with Gasteiger partial charge in [-0.25, -0.2) is 0 Å². The first-order valence-corrected chi connectivity index (χ1v) is 6.16. The first kappa shape index (κ1) is 12.0. The summed E-state index contributed by atoms with van der Waals surface area (Å²) < 4.78 is 5.91. The smallest absolute Gasteiger partial charge is 0.0732 e. The highest BCUT2D eigenvalue weighted by atomic mass is 16.5. The predicted octanol–water partition coefficient (Wildman–Crippen LogP) is 2.72. The third-order valence-electron chi connectivity index (χ3n) is 2.97. The molecule has 1 aliphatic heterocycles. The largest absolute Gasteiger partial charge is 0.374 e. The highest BCUT2D eigenvalue weighted by Crippen LogP contribution is 2.23. The van der Waals surface area contributed by atoms with Gasteiger partial charge in [-0.1, -0.05) is 20.3 Å². The molecule has 1 heterocycles. The summed E-state index contributed by atoms with van der Waals surface area (Å²) in [5.41, 5.74) is 0. The second-order valence-electron chi connectivity index (χ2n) is 4.41. The second kappa shape index (κ2) is 6.41. The van der Waals surface area contributed by atoms with Crippen LogP contribution in [0.4, 0.5) is 0 Å². The van der Waals surface area contributed by atoms with Gasteiger partial charge in [0.05, 0.1) is 12.2 Å². The molecule has 3 atom stereocenters. The molecule has 0 aromatic carbocycles. The number of rotatable bonds is 6. The average Bonchev–Trinajstić information content (AvgIpc) is 2.59. The van der Waals surface area contributed by atoms with Crippen molar-refractivity contribution in [1.29, 1.82) is 0 Å². The van der Waals surface area contributed by atoms with Crippen molar-refractivity contribution in [2.45, 2.75) is 71.1 Å². The van der Waals surface area contributed by atoms with E-state index in [-0.39, 0.29) is 0 Å². The summed E-state index contributed by atoms with van der Waals surface area (Å²) >= 11 is 0. The van der Waals surface area contributed by atoms with Crippen LogP contribution in [0.5, 0.6) is 0 Å². The van der Waals surface area contributed by atoms with Crippen LogP contribution in [-0.2, 0) is 4.74 Å². The standard InChI is InChI=1S/C12H25NO/c1-4-6-11(13-9-5-2)12-8-7-10(3)14-12/h10-13H,4-9H2,1-3H3. The van der Waals surface area contributed by atoms with Gasteiger partial charge in [0, 0.05) is 6.04 Å². The van der Waals surface area contributed by atoms with Gasteiger partial charge < -0.3 is 10.1 Å². The maximum Gasteiger partial charge on any atom is 0.0732 e. The number of ether oxygens (including phenoxy) is 1. The molecule has 1 N–H and O–H groups in total. The van der Waals surface area contributed by atoms with Gasteiger partial charge in [-0.3, -0.25) is 0 Å². The van der Waals surface area contributed by atoms with E-state index in [1.807, 2.05) is 0 Å². The van der Waals surface area contributed by atoms with E-state index in [1.54, 1.807) is 0 Å². The molecule has 0 amide bonds. The lowest BCUT2D eigenvalue weighted by molar-refractivity contribution is 0.0299. The molecular weight excluding hydrogens is 174 g/mol. The van der Waals surface area contributed by atoms with Crippen LogP contribution < -0.4 is 5.32 Å². The summed E-state index contributed by atoms with van der Waals surface area (Å²) in [6.45, 7) is 7.77. The van der Waals surface area contributed by atoms with Crippen LogP contribution in [0.15, 0.2) is 0 Å². The Kier molecular flexibility index (Phi) is 5.49. The minimum atomic E-state index is 0.469. The third kappa shape index (κ3) is 3.58. The fourth-order valence-electron chi connectivity index (χ4n) is 2.19. The van der Waals surface area contributed by atoms with Crippen molar-refractivity contribution in [3.63, 3.8) is 0 Å². The number of hydrogen-bond donors (Lipinski definition) is 1. The van der Waals surface area contributed by atoms with Gasteiger partial charge in [0.1, 0.15) is 0 Å². The van der Waals surface area contributed by atoms with Gasteiger partial charge in [-0.2, -0.15) is 0 Å². The van der Waals surface area contributed by atoms with Gasteiger partial charge in [0.15, 0.2) is 0 Å². The molecule has 0 aromatic heterocycles. The van der Waals surface area contributed by atoms with E-state index < -0.39 is 0 Å². The van der Waals surface area contributed by atoms with Crippen molar-refractivity contribution < 1.29 is 4.74 Å². The van der Waals surface area contributed by atoms with Gasteiger partial charge >= 0.3 is 0 Å². The Balaban J connectivity index is 2.33. The third-order valence-corrected chi connectivity index (χ3v) is 2.97. The first-order valence-electron chi connectivity index (χ1n) is 6.16. The number of nitrogens with one attached hydrogen (secondary N) is 1. The molecule has 0 saturated carbocycles. The summed E-state index contributed by atoms with van der Waals surface area (Å²) in [5, 5.41) is 3.61. The van der Waals surface area contributed by atoms with Gasteiger partial charge in [-0.05, 0) is 39.2 Å². The van der Waals surface area contributed by atoms with Crippen molar-refractivity contribution in [2.24, 2.45) is 0 Å². The topological polar surface area (TPSA) is 21.3 Å². The zero-order valence-corrected chi connectivity index (χ0v) is 9.88. The molecule has 1 fully saturated rings. The van der Waals surface area contributed by atoms with Crippen molar-refractivity contribution in [3.8, 4) is 0 Å². The fourth-order valence-corrected chi connectivity index (χ4v) is 2.19. The van der Waals surface area contributed by atoms with Crippen LogP contribution in [0, 0.1) is 0 Å². The van der Waals surface area contributed by atoms with Crippen molar-refractivity contribution in [2.75, 3.05) is 6.54 Å². The van der Waals surface area contributed by atoms with E-state index in [0.29, 0.717) is 18.2 Å². The molecule has 3 unspecified atom stereocenters. The van der Waals surface area contributed by atoms with Crippen molar-refractivity contribution >= 4 is 0 Å². The van der Waals surface area contributed by atoms with E-state index in [1.165, 1.54) is 32.1 Å². The summed E-state index contributed by atoms with van der Waals surface area (Å²) in [6, 6.07) is 0.588. The zero-order chi connectivity index (χ0) is 10.4. The lowest BCUT2D eigenvalue weighted by Crippen LogP contribution is -2.40. The Hall–Kier alpha value is -0.0800. The van der Waals surface area contributed by atoms with E-state index in [2.05, 4.69) is 26.1 Å². The highest BCUT2D eigenvalue weighted by molar-refractivity contribution is 4.82. The number of hydrogen-bond acceptors (Lipinski definition) is 2. The molecule has 1 rings (SSSR count). The Bertz CT molecular complexity index is 149. The van der Waals surface area contributed by atoms with Gasteiger partial charge in [0.2, 0.25) is 0 Å². The summed E-state index contributed by atoms with van der Waals surface area (Å²) in [4.78, 5) is 0. The monoisotopic (exact) mass is 199 g/mol. The normalized spacial score (nSPS) is 29.4. The van der Waals surface area contributed by atoms with Crippen LogP contribution in [-0.4, -0.2) is 24.8 Å². The van der Waals surface area contributed by atoms with Crippen LogP contribution in [0.1, 0.15) is 52.9 Å². The average molecular weight is 199 g/mol. The fraction of sp³-hybridized carbons (Fsp3) is 1.00. The molecule has 1 aliphatic rings. The molecular formula is C12H25NO. The molecule has 0 aromatic rings. The highest BCUT2D eigenvalue weighted by Gasteiger charge is 2.28. The van der Waals surface area contributed by atoms with Crippen LogP contribution in [0.2, 0.25) is 0 Å². The summed E-state index contributed by atoms with van der Waals surface area (Å²) in [6.07, 6.45) is 7.12. The Labute approximate surface area is 88.4 Å². The van der Waals surface area contributed by atoms with E-state index in [9.17, 15) is 0 Å². The molecule has 0 aliphatic carbocycles. The van der Waals surface area contributed by atoms with Crippen LogP contribution in [0.25, 0.3) is 0 Å². The van der Waals surface area contributed by atoms with Crippen molar-refractivity contribution in [1.82, 2.24) is 5.32 Å². The summed E-state index contributed by atoms with van der Waals surface area (Å²) in [5.74, 6) is 0. The Morgan fingerprint density at radius 1 is 1.29 bits per heavy atom. The predicted molar refractivity (Wildman–Crippen MR) is 60.6 cm³/mol. The quantitative estimate of drug-likeness (QED) is 0.710. The van der Waals surface area contributed by atoms with Crippen molar-refractivity contribution in [3.05, 3.63) is 0 Å². The minimum absolute atomic E-state index is 0.469. The maximum absolute atomic E-state index is 5.91. The Morgan fingerprint density at radius 2 is 2.07 bits per heavy atom. The molecule has 0 radical (unpaired) electrons. The van der Waals surface area contributed by atoms with Crippen LogP contribution in [0.3, 0.4) is 0 Å². The SMILES string of the molecule is CCCNC(CCC)C1CCC(C)O1. The summed E-state index contributed by atoms with van der Waals surface area (Å²) in [7, 11) is 0. The van der Waals surface area contributed by atoms with E-state index in [4.69, 9.17) is 4.74 Å². The molecule has 0 bridgehead atoms. The van der Waals surface area contributed by atoms with E-state index in [0.717, 1.165) is 6.54 Å².